The van der Waals surface area contributed by atoms with Crippen molar-refractivity contribution in [2.75, 3.05) is 12.4 Å². The molecule has 0 bridgehead atoms. The number of furan rings is 1. The molecular weight excluding hydrogens is 348 g/mol. The number of methoxy groups -OCH3 is 1. The van der Waals surface area contributed by atoms with Crippen LogP contribution in [0, 0.1) is 0 Å². The molecule has 0 unspecified atom stereocenters. The van der Waals surface area contributed by atoms with Gasteiger partial charge in [0.15, 0.2) is 5.76 Å². The number of fused-ring (bicyclic) bond motifs is 2. The van der Waals surface area contributed by atoms with Gasteiger partial charge in [0, 0.05) is 23.9 Å². The second-order valence-electron chi connectivity index (χ2n) is 5.90. The summed E-state index contributed by atoms with van der Waals surface area (Å²) in [4.78, 5) is 24.6. The number of amides is 2. The molecule has 0 fully saturated rings. The Kier molecular flexibility index (Phi) is 4.25. The van der Waals surface area contributed by atoms with Gasteiger partial charge in [0.25, 0.3) is 11.8 Å². The van der Waals surface area contributed by atoms with E-state index < -0.39 is 5.91 Å². The number of ether oxygens (including phenoxy) is 2. The first-order valence-corrected chi connectivity index (χ1v) is 8.26. The fourth-order valence-corrected chi connectivity index (χ4v) is 2.77. The average Bonchev–Trinajstić information content (AvgIpc) is 3.21. The van der Waals surface area contributed by atoms with Crippen molar-refractivity contribution < 1.29 is 23.5 Å². The van der Waals surface area contributed by atoms with Crippen LogP contribution >= 0.6 is 0 Å². The molecule has 2 amide bonds. The first kappa shape index (κ1) is 16.7. The lowest BCUT2D eigenvalue weighted by Crippen LogP contribution is -2.25. The quantitative estimate of drug-likeness (QED) is 0.741. The molecule has 0 spiro atoms. The molecule has 0 radical (unpaired) electrons. The molecule has 7 nitrogen and oxygen atoms in total. The van der Waals surface area contributed by atoms with Gasteiger partial charge in [-0.1, -0.05) is 0 Å². The molecule has 2 aromatic carbocycles. The Bertz CT molecular complexity index is 1010. The van der Waals surface area contributed by atoms with Crippen molar-refractivity contribution in [1.29, 1.82) is 0 Å². The van der Waals surface area contributed by atoms with E-state index in [0.29, 0.717) is 35.0 Å². The molecule has 1 aliphatic rings. The highest BCUT2D eigenvalue weighted by atomic mass is 16.5. The van der Waals surface area contributed by atoms with E-state index in [-0.39, 0.29) is 11.7 Å². The van der Waals surface area contributed by atoms with Crippen molar-refractivity contribution in [3.8, 4) is 17.2 Å². The topological polar surface area (TPSA) is 89.8 Å². The maximum Gasteiger partial charge on any atom is 0.291 e. The second kappa shape index (κ2) is 6.87. The minimum absolute atomic E-state index is 0.184. The molecular formula is C20H16N2O5. The summed E-state index contributed by atoms with van der Waals surface area (Å²) in [6, 6.07) is 13.5. The summed E-state index contributed by atoms with van der Waals surface area (Å²) < 4.78 is 16.3. The Labute approximate surface area is 154 Å². The van der Waals surface area contributed by atoms with E-state index in [1.54, 1.807) is 43.5 Å². The van der Waals surface area contributed by atoms with E-state index in [2.05, 4.69) is 10.6 Å². The van der Waals surface area contributed by atoms with E-state index in [1.165, 1.54) is 6.26 Å². The van der Waals surface area contributed by atoms with Crippen LogP contribution in [0.25, 0.3) is 0 Å². The number of carbonyl (C=O) groups excluding carboxylic acids is 2. The van der Waals surface area contributed by atoms with Crippen molar-refractivity contribution in [2.24, 2.45) is 0 Å². The maximum absolute atomic E-state index is 12.5. The smallest absolute Gasteiger partial charge is 0.291 e. The number of anilines is 1. The molecule has 7 heteroatoms. The third-order valence-electron chi connectivity index (χ3n) is 4.16. The first-order valence-electron chi connectivity index (χ1n) is 8.26. The Balaban J connectivity index is 1.65. The molecule has 4 rings (SSSR count). The minimum Gasteiger partial charge on any atom is -0.497 e. The number of benzene rings is 2. The Morgan fingerprint density at radius 1 is 1.15 bits per heavy atom. The molecule has 0 saturated heterocycles. The highest BCUT2D eigenvalue weighted by molar-refractivity contribution is 6.04. The van der Waals surface area contributed by atoms with Gasteiger partial charge in [-0.15, -0.1) is 0 Å². The Hall–Kier alpha value is -3.74. The number of nitrogens with one attached hydrogen (secondary N) is 2. The lowest BCUT2D eigenvalue weighted by molar-refractivity contribution is 0.0944. The number of rotatable bonds is 3. The van der Waals surface area contributed by atoms with Gasteiger partial charge in [-0.05, 0) is 42.5 Å². The monoisotopic (exact) mass is 364 g/mol. The largest absolute Gasteiger partial charge is 0.497 e. The van der Waals surface area contributed by atoms with E-state index in [0.717, 1.165) is 5.56 Å². The van der Waals surface area contributed by atoms with Crippen LogP contribution in [0.15, 0.2) is 59.2 Å². The summed E-state index contributed by atoms with van der Waals surface area (Å²) in [5, 5.41) is 5.55. The van der Waals surface area contributed by atoms with Gasteiger partial charge in [0.05, 0.1) is 18.9 Å². The molecule has 1 aromatic heterocycles. The molecule has 0 aliphatic carbocycles. The van der Waals surface area contributed by atoms with E-state index in [1.807, 2.05) is 12.1 Å². The zero-order valence-electron chi connectivity index (χ0n) is 14.4. The minimum atomic E-state index is -0.401. The summed E-state index contributed by atoms with van der Waals surface area (Å²) >= 11 is 0. The lowest BCUT2D eigenvalue weighted by atomic mass is 10.1. The van der Waals surface area contributed by atoms with Crippen LogP contribution in [0.5, 0.6) is 17.2 Å². The first-order chi connectivity index (χ1) is 13.1. The molecule has 27 heavy (non-hydrogen) atoms. The van der Waals surface area contributed by atoms with Crippen molar-refractivity contribution in [3.63, 3.8) is 0 Å². The molecule has 3 aromatic rings. The lowest BCUT2D eigenvalue weighted by Gasteiger charge is -2.19. The van der Waals surface area contributed by atoms with Gasteiger partial charge in [-0.25, -0.2) is 0 Å². The van der Waals surface area contributed by atoms with Crippen LogP contribution in [-0.4, -0.2) is 18.9 Å². The fraction of sp³-hybridized carbons (Fsp3) is 0.100. The van der Waals surface area contributed by atoms with Gasteiger partial charge in [0.2, 0.25) is 0 Å². The standard InChI is InChI=1S/C20H16N2O5/c1-25-14-6-4-12-11-21-19(23)15-9-13(5-7-16(15)27-18(12)10-14)22-20(24)17-3-2-8-26-17/h2-10H,11H2,1H3,(H,21,23)(H,22,24). The van der Waals surface area contributed by atoms with Crippen molar-refractivity contribution in [1.82, 2.24) is 5.32 Å². The van der Waals surface area contributed by atoms with E-state index in [9.17, 15) is 9.59 Å². The number of hydrogen-bond donors (Lipinski definition) is 2. The van der Waals surface area contributed by atoms with Crippen LogP contribution in [0.1, 0.15) is 26.5 Å². The van der Waals surface area contributed by atoms with Crippen molar-refractivity contribution in [2.45, 2.75) is 6.54 Å². The summed E-state index contributed by atoms with van der Waals surface area (Å²) in [5.41, 5.74) is 1.62. The van der Waals surface area contributed by atoms with Crippen LogP contribution in [0.4, 0.5) is 5.69 Å². The van der Waals surface area contributed by atoms with Gasteiger partial charge in [-0.3, -0.25) is 9.59 Å². The molecule has 136 valence electrons. The third-order valence-corrected chi connectivity index (χ3v) is 4.16. The van der Waals surface area contributed by atoms with Gasteiger partial charge >= 0.3 is 0 Å². The van der Waals surface area contributed by atoms with Crippen LogP contribution < -0.4 is 20.1 Å². The SMILES string of the molecule is COc1ccc2c(c1)Oc1ccc(NC(=O)c3ccco3)cc1C(=O)NC2. The highest BCUT2D eigenvalue weighted by Crippen LogP contribution is 2.34. The summed E-state index contributed by atoms with van der Waals surface area (Å²) in [6.45, 7) is 0.320. The summed E-state index contributed by atoms with van der Waals surface area (Å²) in [5.74, 6) is 1.14. The average molecular weight is 364 g/mol. The van der Waals surface area contributed by atoms with Gasteiger partial charge in [-0.2, -0.15) is 0 Å². The van der Waals surface area contributed by atoms with Crippen molar-refractivity contribution in [3.05, 3.63) is 71.7 Å². The second-order valence-corrected chi connectivity index (χ2v) is 5.90. The zero-order chi connectivity index (χ0) is 18.8. The molecule has 2 heterocycles. The predicted octanol–water partition coefficient (Wildman–Crippen LogP) is 3.58. The van der Waals surface area contributed by atoms with Crippen LogP contribution in [0.2, 0.25) is 0 Å². The van der Waals surface area contributed by atoms with E-state index in [4.69, 9.17) is 13.9 Å². The fourth-order valence-electron chi connectivity index (χ4n) is 2.77. The molecule has 0 atom stereocenters. The predicted molar refractivity (Wildman–Crippen MR) is 97.3 cm³/mol. The van der Waals surface area contributed by atoms with Crippen LogP contribution in [-0.2, 0) is 6.54 Å². The zero-order valence-corrected chi connectivity index (χ0v) is 14.4. The molecule has 1 aliphatic heterocycles. The molecule has 2 N–H and O–H groups in total. The van der Waals surface area contributed by atoms with Gasteiger partial charge < -0.3 is 24.5 Å². The van der Waals surface area contributed by atoms with Gasteiger partial charge in [0.1, 0.15) is 17.2 Å². The van der Waals surface area contributed by atoms with Crippen LogP contribution in [0.3, 0.4) is 0 Å². The summed E-state index contributed by atoms with van der Waals surface area (Å²) in [7, 11) is 1.58. The van der Waals surface area contributed by atoms with E-state index >= 15 is 0 Å². The maximum atomic E-state index is 12.5. The highest BCUT2D eigenvalue weighted by Gasteiger charge is 2.20. The van der Waals surface area contributed by atoms with Crippen molar-refractivity contribution >= 4 is 17.5 Å². The normalized spacial score (nSPS) is 12.6. The molecule has 0 saturated carbocycles. The Morgan fingerprint density at radius 3 is 2.81 bits per heavy atom. The summed E-state index contributed by atoms with van der Waals surface area (Å²) in [6.07, 6.45) is 1.42. The number of hydrogen-bond acceptors (Lipinski definition) is 5. The number of carbonyl (C=O) groups is 2. The Morgan fingerprint density at radius 2 is 2.04 bits per heavy atom. The third kappa shape index (κ3) is 3.35.